The molecule has 0 aliphatic heterocycles. The van der Waals surface area contributed by atoms with Crippen molar-refractivity contribution in [2.75, 3.05) is 0 Å². The molecular formula is C26H38O4. The Hall–Kier alpha value is -1.16. The zero-order valence-corrected chi connectivity index (χ0v) is 18.8. The quantitative estimate of drug-likeness (QED) is 0.664. The number of carboxylic acids is 1. The van der Waals surface area contributed by atoms with Gasteiger partial charge in [-0.2, -0.15) is 0 Å². The molecule has 0 unspecified atom stereocenters. The molecule has 0 saturated heterocycles. The lowest BCUT2D eigenvalue weighted by Crippen LogP contribution is -2.58. The number of carbonyl (C=O) groups excluding carboxylic acids is 1. The molecule has 166 valence electrons. The Balaban J connectivity index is 1.54. The molecular weight excluding hydrogens is 376 g/mol. The molecule has 4 fully saturated rings. The largest absolute Gasteiger partial charge is 0.481 e. The number of hydrogen-bond acceptors (Lipinski definition) is 3. The maximum atomic E-state index is 12.2. The smallest absolute Gasteiger partial charge is 0.303 e. The van der Waals surface area contributed by atoms with E-state index in [1.54, 1.807) is 0 Å². The standard InChI is InChI=1S/C26H38O4/c1-4-5-15-12-16-13-17(27)6-9-24(16,2)19-7-10-25(3)23(22(15)19)18-14-20(18)26(25,30)11-8-21(28)29/h13,15,18-20,22-23,30H,4-12,14H2,1-3H3,(H,28,29)/t15-,18+,19+,20-,22-,23+,24+,25+,26+/m1/s1. The zero-order valence-electron chi connectivity index (χ0n) is 18.8. The lowest BCUT2D eigenvalue weighted by atomic mass is 9.43. The molecule has 5 aliphatic rings. The minimum Gasteiger partial charge on any atom is -0.481 e. The number of carbonyl (C=O) groups is 2. The summed E-state index contributed by atoms with van der Waals surface area (Å²) in [4.78, 5) is 23.6. The number of rotatable bonds is 5. The van der Waals surface area contributed by atoms with Crippen molar-refractivity contribution in [3.8, 4) is 0 Å². The van der Waals surface area contributed by atoms with Gasteiger partial charge in [-0.25, -0.2) is 0 Å². The zero-order chi connectivity index (χ0) is 21.5. The molecule has 4 saturated carbocycles. The van der Waals surface area contributed by atoms with Crippen LogP contribution < -0.4 is 0 Å². The third kappa shape index (κ3) is 2.61. The summed E-state index contributed by atoms with van der Waals surface area (Å²) < 4.78 is 0. The average Bonchev–Trinajstić information content (AvgIpc) is 3.45. The summed E-state index contributed by atoms with van der Waals surface area (Å²) in [6.45, 7) is 6.98. The summed E-state index contributed by atoms with van der Waals surface area (Å²) in [5.74, 6) is 2.69. The summed E-state index contributed by atoms with van der Waals surface area (Å²) >= 11 is 0. The van der Waals surface area contributed by atoms with Crippen molar-refractivity contribution in [2.45, 2.75) is 90.6 Å². The second kappa shape index (κ2) is 6.67. The first kappa shape index (κ1) is 20.7. The van der Waals surface area contributed by atoms with Crippen LogP contribution >= 0.6 is 0 Å². The lowest BCUT2D eigenvalue weighted by molar-refractivity contribution is -0.166. The van der Waals surface area contributed by atoms with Gasteiger partial charge in [-0.1, -0.05) is 39.2 Å². The second-order valence-corrected chi connectivity index (χ2v) is 11.8. The first-order valence-corrected chi connectivity index (χ1v) is 12.3. The van der Waals surface area contributed by atoms with E-state index in [-0.39, 0.29) is 17.3 Å². The Morgan fingerprint density at radius 1 is 1.23 bits per heavy atom. The molecule has 4 heteroatoms. The molecule has 0 aromatic carbocycles. The van der Waals surface area contributed by atoms with Gasteiger partial charge in [0.2, 0.25) is 0 Å². The summed E-state index contributed by atoms with van der Waals surface area (Å²) in [5.41, 5.74) is 0.567. The Morgan fingerprint density at radius 2 is 2.00 bits per heavy atom. The summed E-state index contributed by atoms with van der Waals surface area (Å²) in [6.07, 6.45) is 10.7. The number of carboxylic acid groups (broad SMARTS) is 1. The Bertz CT molecular complexity index is 801. The molecule has 0 bridgehead atoms. The number of aliphatic carboxylic acids is 1. The molecule has 4 nitrogen and oxygen atoms in total. The fourth-order valence-corrected chi connectivity index (χ4v) is 9.24. The highest BCUT2D eigenvalue weighted by Crippen LogP contribution is 2.78. The topological polar surface area (TPSA) is 74.6 Å². The number of aliphatic hydroxyl groups is 1. The van der Waals surface area contributed by atoms with Crippen LogP contribution in [0.3, 0.4) is 0 Å². The van der Waals surface area contributed by atoms with Gasteiger partial charge in [-0.15, -0.1) is 0 Å². The van der Waals surface area contributed by atoms with Gasteiger partial charge in [-0.05, 0) is 90.9 Å². The highest BCUT2D eigenvalue weighted by atomic mass is 16.4. The van der Waals surface area contributed by atoms with Crippen LogP contribution in [0, 0.1) is 46.3 Å². The van der Waals surface area contributed by atoms with Crippen molar-refractivity contribution in [1.29, 1.82) is 0 Å². The van der Waals surface area contributed by atoms with Crippen molar-refractivity contribution in [2.24, 2.45) is 46.3 Å². The Labute approximate surface area is 180 Å². The minimum absolute atomic E-state index is 0.0707. The summed E-state index contributed by atoms with van der Waals surface area (Å²) in [6, 6.07) is 0. The molecule has 0 aromatic heterocycles. The SMILES string of the molecule is CCC[C@@H]1CC2=CC(=O)CC[C@]2(C)[C@H]2CC[C@@]3(C)[C@@H]([C@H]4C[C@H]4[C@@]3(O)CCC(=O)O)[C@H]12. The van der Waals surface area contributed by atoms with Crippen molar-refractivity contribution >= 4 is 11.8 Å². The molecule has 0 amide bonds. The van der Waals surface area contributed by atoms with Gasteiger partial charge in [0.15, 0.2) is 5.78 Å². The predicted octanol–water partition coefficient (Wildman–Crippen LogP) is 5.00. The monoisotopic (exact) mass is 414 g/mol. The van der Waals surface area contributed by atoms with E-state index in [2.05, 4.69) is 20.8 Å². The maximum Gasteiger partial charge on any atom is 0.303 e. The van der Waals surface area contributed by atoms with Gasteiger partial charge >= 0.3 is 5.97 Å². The Morgan fingerprint density at radius 3 is 2.70 bits per heavy atom. The average molecular weight is 415 g/mol. The fourth-order valence-electron chi connectivity index (χ4n) is 9.24. The highest BCUT2D eigenvalue weighted by molar-refractivity contribution is 5.91. The van der Waals surface area contributed by atoms with Crippen molar-refractivity contribution in [1.82, 2.24) is 0 Å². The van der Waals surface area contributed by atoms with Crippen LogP contribution in [0.4, 0.5) is 0 Å². The fraction of sp³-hybridized carbons (Fsp3) is 0.846. The minimum atomic E-state index is -0.817. The summed E-state index contributed by atoms with van der Waals surface area (Å²) in [5, 5.41) is 21.2. The van der Waals surface area contributed by atoms with Crippen molar-refractivity contribution < 1.29 is 19.8 Å². The van der Waals surface area contributed by atoms with Gasteiger partial charge in [0, 0.05) is 12.8 Å². The summed E-state index contributed by atoms with van der Waals surface area (Å²) in [7, 11) is 0. The van der Waals surface area contributed by atoms with E-state index in [4.69, 9.17) is 0 Å². The first-order valence-electron chi connectivity index (χ1n) is 12.3. The van der Waals surface area contributed by atoms with E-state index < -0.39 is 11.6 Å². The molecule has 2 N–H and O–H groups in total. The van der Waals surface area contributed by atoms with Crippen LogP contribution in [0.2, 0.25) is 0 Å². The van der Waals surface area contributed by atoms with Crippen LogP contribution in [-0.4, -0.2) is 27.6 Å². The molecule has 0 spiro atoms. The van der Waals surface area contributed by atoms with Crippen LogP contribution in [0.25, 0.3) is 0 Å². The number of fused-ring (bicyclic) bond motifs is 7. The van der Waals surface area contributed by atoms with Gasteiger partial charge < -0.3 is 10.2 Å². The molecule has 0 heterocycles. The molecule has 30 heavy (non-hydrogen) atoms. The number of hydrogen-bond donors (Lipinski definition) is 2. The Kier molecular flexibility index (Phi) is 4.61. The van der Waals surface area contributed by atoms with Crippen molar-refractivity contribution in [3.05, 3.63) is 11.6 Å². The van der Waals surface area contributed by atoms with E-state index in [0.717, 1.165) is 38.5 Å². The van der Waals surface area contributed by atoms with Crippen molar-refractivity contribution in [3.63, 3.8) is 0 Å². The van der Waals surface area contributed by atoms with E-state index in [1.807, 2.05) is 6.08 Å². The number of allylic oxidation sites excluding steroid dienone is 1. The third-order valence-electron chi connectivity index (χ3n) is 10.7. The molecule has 5 aliphatic carbocycles. The van der Waals surface area contributed by atoms with Crippen LogP contribution in [0.1, 0.15) is 85.0 Å². The van der Waals surface area contributed by atoms with Gasteiger partial charge in [0.05, 0.1) is 5.60 Å². The molecule has 0 aromatic rings. The normalized spacial score (nSPS) is 51.3. The third-order valence-corrected chi connectivity index (χ3v) is 10.7. The predicted molar refractivity (Wildman–Crippen MR) is 115 cm³/mol. The highest BCUT2D eigenvalue weighted by Gasteiger charge is 2.76. The van der Waals surface area contributed by atoms with Crippen LogP contribution in [-0.2, 0) is 9.59 Å². The molecule has 5 rings (SSSR count). The van der Waals surface area contributed by atoms with E-state index in [9.17, 15) is 19.8 Å². The van der Waals surface area contributed by atoms with Gasteiger partial charge in [-0.3, -0.25) is 9.59 Å². The van der Waals surface area contributed by atoms with Gasteiger partial charge in [0.25, 0.3) is 0 Å². The van der Waals surface area contributed by atoms with E-state index in [0.29, 0.717) is 54.1 Å². The maximum absolute atomic E-state index is 12.2. The van der Waals surface area contributed by atoms with E-state index >= 15 is 0 Å². The van der Waals surface area contributed by atoms with Crippen LogP contribution in [0.5, 0.6) is 0 Å². The number of ketones is 1. The van der Waals surface area contributed by atoms with Crippen LogP contribution in [0.15, 0.2) is 11.6 Å². The van der Waals surface area contributed by atoms with E-state index in [1.165, 1.54) is 12.0 Å². The second-order valence-electron chi connectivity index (χ2n) is 11.8. The lowest BCUT2D eigenvalue weighted by Gasteiger charge is -2.62. The molecule has 9 atom stereocenters. The van der Waals surface area contributed by atoms with Gasteiger partial charge in [0.1, 0.15) is 0 Å². The molecule has 0 radical (unpaired) electrons. The first-order chi connectivity index (χ1) is 14.2.